The molecule has 0 aromatic heterocycles. The summed E-state index contributed by atoms with van der Waals surface area (Å²) in [6.45, 7) is 2.14. The van der Waals surface area contributed by atoms with E-state index in [9.17, 15) is 0 Å². The van der Waals surface area contributed by atoms with Gasteiger partial charge in [0.25, 0.3) is 0 Å². The summed E-state index contributed by atoms with van der Waals surface area (Å²) in [7, 11) is 0. The van der Waals surface area contributed by atoms with Gasteiger partial charge in [-0.2, -0.15) is 0 Å². The van der Waals surface area contributed by atoms with Crippen LogP contribution in [0.15, 0.2) is 51.8 Å². The molecule has 0 aliphatic heterocycles. The lowest BCUT2D eigenvalue weighted by atomic mass is 10.1. The van der Waals surface area contributed by atoms with Gasteiger partial charge in [0.2, 0.25) is 0 Å². The Morgan fingerprint density at radius 2 is 1.94 bits per heavy atom. The second kappa shape index (κ2) is 5.61. The van der Waals surface area contributed by atoms with Crippen LogP contribution in [0, 0.1) is 6.92 Å². The molecular weight excluding hydrogens is 294 g/mol. The molecule has 0 fully saturated rings. The van der Waals surface area contributed by atoms with Crippen LogP contribution in [0.25, 0.3) is 0 Å². The molecule has 2 rings (SSSR count). The Balaban J connectivity index is 2.12. The topological polar surface area (TPSA) is 26.0 Å². The van der Waals surface area contributed by atoms with Crippen molar-refractivity contribution in [1.82, 2.24) is 0 Å². The van der Waals surface area contributed by atoms with Crippen LogP contribution in [-0.2, 0) is 5.75 Å². The van der Waals surface area contributed by atoms with E-state index in [-0.39, 0.29) is 0 Å². The van der Waals surface area contributed by atoms with E-state index in [1.54, 1.807) is 11.8 Å². The summed E-state index contributed by atoms with van der Waals surface area (Å²) in [5.41, 5.74) is 9.48. The summed E-state index contributed by atoms with van der Waals surface area (Å²) in [5.74, 6) is 0.952. The quantitative estimate of drug-likeness (QED) is 0.661. The van der Waals surface area contributed by atoms with E-state index >= 15 is 0 Å². The summed E-state index contributed by atoms with van der Waals surface area (Å²) >= 11 is 5.24. The number of hydrogen-bond acceptors (Lipinski definition) is 2. The third-order valence-corrected chi connectivity index (χ3v) is 4.23. The van der Waals surface area contributed by atoms with Crippen LogP contribution in [0.5, 0.6) is 0 Å². The lowest BCUT2D eigenvalue weighted by molar-refractivity contribution is 1.30. The van der Waals surface area contributed by atoms with Crippen LogP contribution < -0.4 is 5.73 Å². The lowest BCUT2D eigenvalue weighted by Crippen LogP contribution is -1.90. The maximum Gasteiger partial charge on any atom is 0.0453 e. The van der Waals surface area contributed by atoms with Crippen molar-refractivity contribution < 1.29 is 0 Å². The number of halogens is 1. The van der Waals surface area contributed by atoms with Crippen LogP contribution in [0.2, 0.25) is 0 Å². The molecule has 88 valence electrons. The van der Waals surface area contributed by atoms with Crippen molar-refractivity contribution in [3.63, 3.8) is 0 Å². The van der Waals surface area contributed by atoms with E-state index in [1.165, 1.54) is 11.1 Å². The zero-order chi connectivity index (χ0) is 12.3. The number of thioether (sulfide) groups is 1. The van der Waals surface area contributed by atoms with E-state index in [4.69, 9.17) is 5.73 Å². The first-order chi connectivity index (χ1) is 8.16. The van der Waals surface area contributed by atoms with Crippen molar-refractivity contribution >= 4 is 33.4 Å². The van der Waals surface area contributed by atoms with Crippen LogP contribution in [0.3, 0.4) is 0 Å². The Morgan fingerprint density at radius 1 is 1.18 bits per heavy atom. The minimum atomic E-state index is 0.840. The first-order valence-corrected chi connectivity index (χ1v) is 7.17. The number of hydrogen-bond donors (Lipinski definition) is 1. The fraction of sp³-hybridized carbons (Fsp3) is 0.143. The molecule has 0 saturated heterocycles. The number of aryl methyl sites for hydroxylation is 1. The predicted molar refractivity (Wildman–Crippen MR) is 79.3 cm³/mol. The van der Waals surface area contributed by atoms with Crippen molar-refractivity contribution in [3.8, 4) is 0 Å². The molecule has 0 spiro atoms. The van der Waals surface area contributed by atoms with Gasteiger partial charge in [0.1, 0.15) is 0 Å². The van der Waals surface area contributed by atoms with Crippen molar-refractivity contribution in [2.24, 2.45) is 0 Å². The maximum absolute atomic E-state index is 5.95. The Bertz CT molecular complexity index is 525. The molecule has 0 radical (unpaired) electrons. The highest BCUT2D eigenvalue weighted by atomic mass is 79.9. The Morgan fingerprint density at radius 3 is 2.71 bits per heavy atom. The summed E-state index contributed by atoms with van der Waals surface area (Å²) in [4.78, 5) is 1.13. The fourth-order valence-corrected chi connectivity index (χ4v) is 3.15. The Hall–Kier alpha value is -0.930. The third kappa shape index (κ3) is 3.27. The van der Waals surface area contributed by atoms with Gasteiger partial charge in [0, 0.05) is 20.8 Å². The van der Waals surface area contributed by atoms with Gasteiger partial charge in [-0.3, -0.25) is 0 Å². The average molecular weight is 308 g/mol. The molecule has 0 atom stereocenters. The van der Waals surface area contributed by atoms with Crippen molar-refractivity contribution in [2.75, 3.05) is 5.73 Å². The number of anilines is 1. The largest absolute Gasteiger partial charge is 0.398 e. The number of benzene rings is 2. The molecule has 17 heavy (non-hydrogen) atoms. The average Bonchev–Trinajstić information content (AvgIpc) is 2.32. The molecule has 0 aliphatic rings. The normalized spacial score (nSPS) is 10.5. The highest BCUT2D eigenvalue weighted by molar-refractivity contribution is 9.10. The van der Waals surface area contributed by atoms with Crippen LogP contribution in [0.4, 0.5) is 5.69 Å². The number of nitrogens with two attached hydrogens (primary N) is 1. The minimum absolute atomic E-state index is 0.840. The monoisotopic (exact) mass is 307 g/mol. The van der Waals surface area contributed by atoms with Crippen LogP contribution >= 0.6 is 27.7 Å². The SMILES string of the molecule is Cc1ccccc1CSc1cc(Br)ccc1N. The van der Waals surface area contributed by atoms with Crippen LogP contribution in [-0.4, -0.2) is 0 Å². The first-order valence-electron chi connectivity index (χ1n) is 5.39. The first kappa shape index (κ1) is 12.5. The molecule has 0 bridgehead atoms. The Kier molecular flexibility index (Phi) is 4.13. The zero-order valence-corrected chi connectivity index (χ0v) is 12.0. The summed E-state index contributed by atoms with van der Waals surface area (Å²) < 4.78 is 1.07. The molecule has 2 N–H and O–H groups in total. The number of nitrogen functional groups attached to an aromatic ring is 1. The molecule has 1 nitrogen and oxygen atoms in total. The van der Waals surface area contributed by atoms with E-state index in [0.717, 1.165) is 20.8 Å². The van der Waals surface area contributed by atoms with E-state index in [1.807, 2.05) is 12.1 Å². The third-order valence-electron chi connectivity index (χ3n) is 2.62. The molecule has 0 unspecified atom stereocenters. The standard InChI is InChI=1S/C14H14BrNS/c1-10-4-2-3-5-11(10)9-17-14-8-12(15)6-7-13(14)16/h2-8H,9,16H2,1H3. The second-order valence-corrected chi connectivity index (χ2v) is 5.83. The molecule has 0 aliphatic carbocycles. The highest BCUT2D eigenvalue weighted by Gasteiger charge is 2.03. The number of rotatable bonds is 3. The molecule has 3 heteroatoms. The van der Waals surface area contributed by atoms with E-state index < -0.39 is 0 Å². The molecule has 0 amide bonds. The molecule has 0 heterocycles. The van der Waals surface area contributed by atoms with Gasteiger partial charge in [-0.1, -0.05) is 40.2 Å². The second-order valence-electron chi connectivity index (χ2n) is 3.90. The highest BCUT2D eigenvalue weighted by Crippen LogP contribution is 2.31. The summed E-state index contributed by atoms with van der Waals surface area (Å²) in [6.07, 6.45) is 0. The van der Waals surface area contributed by atoms with Crippen LogP contribution in [0.1, 0.15) is 11.1 Å². The van der Waals surface area contributed by atoms with Gasteiger partial charge >= 0.3 is 0 Å². The van der Waals surface area contributed by atoms with Crippen molar-refractivity contribution in [3.05, 3.63) is 58.1 Å². The van der Waals surface area contributed by atoms with E-state index in [2.05, 4.69) is 53.2 Å². The fourth-order valence-electron chi connectivity index (χ4n) is 1.56. The van der Waals surface area contributed by atoms with Gasteiger partial charge in [0.05, 0.1) is 0 Å². The minimum Gasteiger partial charge on any atom is -0.398 e. The Labute approximate surface area is 115 Å². The van der Waals surface area contributed by atoms with Gasteiger partial charge < -0.3 is 5.73 Å². The smallest absolute Gasteiger partial charge is 0.0453 e. The maximum atomic E-state index is 5.95. The summed E-state index contributed by atoms with van der Waals surface area (Å²) in [5, 5.41) is 0. The van der Waals surface area contributed by atoms with E-state index in [0.29, 0.717) is 0 Å². The van der Waals surface area contributed by atoms with Gasteiger partial charge in [-0.05, 0) is 36.2 Å². The van der Waals surface area contributed by atoms with Gasteiger partial charge in [-0.15, -0.1) is 11.8 Å². The molecule has 2 aromatic carbocycles. The summed E-state index contributed by atoms with van der Waals surface area (Å²) in [6, 6.07) is 14.4. The molecule has 2 aromatic rings. The predicted octanol–water partition coefficient (Wildman–Crippen LogP) is 4.63. The van der Waals surface area contributed by atoms with Crippen molar-refractivity contribution in [1.29, 1.82) is 0 Å². The van der Waals surface area contributed by atoms with Crippen molar-refractivity contribution in [2.45, 2.75) is 17.6 Å². The van der Waals surface area contributed by atoms with Gasteiger partial charge in [-0.25, -0.2) is 0 Å². The lowest BCUT2D eigenvalue weighted by Gasteiger charge is -2.08. The zero-order valence-electron chi connectivity index (χ0n) is 9.61. The van der Waals surface area contributed by atoms with Gasteiger partial charge in [0.15, 0.2) is 0 Å². The molecular formula is C14H14BrNS. The molecule has 0 saturated carbocycles.